The normalized spacial score (nSPS) is 20.6. The van der Waals surface area contributed by atoms with E-state index in [1.54, 1.807) is 0 Å². The minimum atomic E-state index is 0.200. The summed E-state index contributed by atoms with van der Waals surface area (Å²) in [5, 5.41) is 11.9. The van der Waals surface area contributed by atoms with E-state index in [2.05, 4.69) is 54.2 Å². The molecule has 1 aliphatic heterocycles. The lowest BCUT2D eigenvalue weighted by Crippen LogP contribution is -2.45. The maximum Gasteiger partial charge on any atom is 0.151 e. The van der Waals surface area contributed by atoms with Crippen molar-refractivity contribution in [1.29, 1.82) is 0 Å². The summed E-state index contributed by atoms with van der Waals surface area (Å²) in [6.45, 7) is 12.0. The summed E-state index contributed by atoms with van der Waals surface area (Å²) in [6, 6.07) is 2.13. The van der Waals surface area contributed by atoms with E-state index in [1.807, 2.05) is 6.20 Å². The number of aryl methyl sites for hydroxylation is 1. The quantitative estimate of drug-likeness (QED) is 0.908. The number of aromatic nitrogens is 2. The predicted octanol–water partition coefficient (Wildman–Crippen LogP) is 2.39. The fraction of sp³-hybridized carbons (Fsp3) is 0.733. The van der Waals surface area contributed by atoms with Gasteiger partial charge in [-0.1, -0.05) is 0 Å². The summed E-state index contributed by atoms with van der Waals surface area (Å²) in [4.78, 5) is 2.37. The van der Waals surface area contributed by atoms with Gasteiger partial charge in [0.1, 0.15) is 0 Å². The Bertz CT molecular complexity index is 411. The average molecular weight is 262 g/mol. The lowest BCUT2D eigenvalue weighted by molar-refractivity contribution is 0.334. The van der Waals surface area contributed by atoms with E-state index in [-0.39, 0.29) is 5.54 Å². The van der Waals surface area contributed by atoms with Crippen molar-refractivity contribution in [3.8, 4) is 0 Å². The number of anilines is 1. The lowest BCUT2D eigenvalue weighted by Gasteiger charge is -2.35. The van der Waals surface area contributed by atoms with Gasteiger partial charge in [-0.2, -0.15) is 5.10 Å². The molecule has 0 saturated carbocycles. The van der Waals surface area contributed by atoms with Gasteiger partial charge in [-0.25, -0.2) is 0 Å². The van der Waals surface area contributed by atoms with E-state index in [0.29, 0.717) is 5.92 Å². The molecule has 2 heterocycles. The molecule has 0 bridgehead atoms. The first kappa shape index (κ1) is 14.3. The molecule has 1 aromatic heterocycles. The Morgan fingerprint density at radius 3 is 2.89 bits per heavy atom. The minimum absolute atomic E-state index is 0.200. The van der Waals surface area contributed by atoms with Crippen LogP contribution in [0.4, 0.5) is 5.82 Å². The average Bonchev–Trinajstić information content (AvgIpc) is 2.36. The molecule has 4 heteroatoms. The molecule has 1 saturated heterocycles. The van der Waals surface area contributed by atoms with Gasteiger partial charge in [0, 0.05) is 25.2 Å². The maximum atomic E-state index is 4.26. The third kappa shape index (κ3) is 4.46. The molecule has 0 radical (unpaired) electrons. The van der Waals surface area contributed by atoms with Crippen LogP contribution in [0.2, 0.25) is 0 Å². The molecule has 1 aliphatic rings. The zero-order valence-electron chi connectivity index (χ0n) is 12.6. The van der Waals surface area contributed by atoms with E-state index >= 15 is 0 Å². The second kappa shape index (κ2) is 5.87. The second-order valence-corrected chi connectivity index (χ2v) is 6.68. The zero-order valence-corrected chi connectivity index (χ0v) is 12.6. The highest BCUT2D eigenvalue weighted by Crippen LogP contribution is 2.21. The van der Waals surface area contributed by atoms with Crippen molar-refractivity contribution >= 4 is 5.82 Å². The van der Waals surface area contributed by atoms with E-state index in [4.69, 9.17) is 0 Å². The Labute approximate surface area is 116 Å². The molecule has 0 aromatic carbocycles. The standard InChI is InChI=1S/C15H26N4/c1-12-8-14(18-17-9-12)19-7-5-6-13(11-19)10-16-15(2,3)4/h8-9,13,16H,5-7,10-11H2,1-4H3. The van der Waals surface area contributed by atoms with E-state index < -0.39 is 0 Å². The van der Waals surface area contributed by atoms with E-state index in [1.165, 1.54) is 18.4 Å². The van der Waals surface area contributed by atoms with Gasteiger partial charge in [0.05, 0.1) is 6.20 Å². The number of nitrogens with one attached hydrogen (secondary N) is 1. The molecule has 1 aromatic rings. The van der Waals surface area contributed by atoms with Gasteiger partial charge in [0.15, 0.2) is 5.82 Å². The molecule has 4 nitrogen and oxygen atoms in total. The van der Waals surface area contributed by atoms with Crippen molar-refractivity contribution < 1.29 is 0 Å². The number of hydrogen-bond donors (Lipinski definition) is 1. The van der Waals surface area contributed by atoms with Gasteiger partial charge in [-0.3, -0.25) is 0 Å². The van der Waals surface area contributed by atoms with E-state index in [0.717, 1.165) is 25.5 Å². The van der Waals surface area contributed by atoms with Gasteiger partial charge >= 0.3 is 0 Å². The number of hydrogen-bond acceptors (Lipinski definition) is 4. The molecule has 19 heavy (non-hydrogen) atoms. The molecule has 106 valence electrons. The Kier molecular flexibility index (Phi) is 4.40. The SMILES string of the molecule is Cc1cnnc(N2CCCC(CNC(C)(C)C)C2)c1. The van der Waals surface area contributed by atoms with Crippen LogP contribution in [0.3, 0.4) is 0 Å². The molecule has 0 amide bonds. The number of piperidine rings is 1. The number of nitrogens with zero attached hydrogens (tertiary/aromatic N) is 3. The van der Waals surface area contributed by atoms with Crippen molar-refractivity contribution in [3.63, 3.8) is 0 Å². The van der Waals surface area contributed by atoms with E-state index in [9.17, 15) is 0 Å². The Morgan fingerprint density at radius 2 is 2.21 bits per heavy atom. The fourth-order valence-electron chi connectivity index (χ4n) is 2.49. The van der Waals surface area contributed by atoms with Crippen LogP contribution < -0.4 is 10.2 Å². The second-order valence-electron chi connectivity index (χ2n) is 6.68. The van der Waals surface area contributed by atoms with Crippen molar-refractivity contribution in [2.75, 3.05) is 24.5 Å². The zero-order chi connectivity index (χ0) is 13.9. The van der Waals surface area contributed by atoms with Crippen LogP contribution >= 0.6 is 0 Å². The molecular formula is C15H26N4. The fourth-order valence-corrected chi connectivity index (χ4v) is 2.49. The highest BCUT2D eigenvalue weighted by Gasteiger charge is 2.22. The molecule has 0 aliphatic carbocycles. The van der Waals surface area contributed by atoms with Crippen LogP contribution in [0.5, 0.6) is 0 Å². The van der Waals surface area contributed by atoms with Crippen LogP contribution in [0.1, 0.15) is 39.2 Å². The Balaban J connectivity index is 1.94. The summed E-state index contributed by atoms with van der Waals surface area (Å²) in [5.41, 5.74) is 1.38. The van der Waals surface area contributed by atoms with Gasteiger partial charge in [-0.05, 0) is 58.1 Å². The summed E-state index contributed by atoms with van der Waals surface area (Å²) >= 11 is 0. The third-order valence-electron chi connectivity index (χ3n) is 3.54. The van der Waals surface area contributed by atoms with Gasteiger partial charge in [0.2, 0.25) is 0 Å². The van der Waals surface area contributed by atoms with Gasteiger partial charge in [0.25, 0.3) is 0 Å². The van der Waals surface area contributed by atoms with Gasteiger partial charge < -0.3 is 10.2 Å². The molecule has 1 atom stereocenters. The maximum absolute atomic E-state index is 4.26. The van der Waals surface area contributed by atoms with Crippen molar-refractivity contribution in [1.82, 2.24) is 15.5 Å². The molecule has 0 spiro atoms. The van der Waals surface area contributed by atoms with Crippen LogP contribution in [-0.2, 0) is 0 Å². The van der Waals surface area contributed by atoms with Crippen molar-refractivity contribution in [2.45, 2.75) is 46.1 Å². The summed E-state index contributed by atoms with van der Waals surface area (Å²) in [6.07, 6.45) is 4.36. The highest BCUT2D eigenvalue weighted by atomic mass is 15.3. The topological polar surface area (TPSA) is 41.1 Å². The molecule has 1 fully saturated rings. The molecule has 1 unspecified atom stereocenters. The lowest BCUT2D eigenvalue weighted by atomic mass is 9.96. The predicted molar refractivity (Wildman–Crippen MR) is 79.5 cm³/mol. The summed E-state index contributed by atoms with van der Waals surface area (Å²) in [5.74, 6) is 1.73. The van der Waals surface area contributed by atoms with Crippen LogP contribution in [0.25, 0.3) is 0 Å². The van der Waals surface area contributed by atoms with Crippen molar-refractivity contribution in [2.24, 2.45) is 5.92 Å². The monoisotopic (exact) mass is 262 g/mol. The van der Waals surface area contributed by atoms with Crippen molar-refractivity contribution in [3.05, 3.63) is 17.8 Å². The first-order chi connectivity index (χ1) is 8.94. The number of rotatable bonds is 3. The first-order valence-corrected chi connectivity index (χ1v) is 7.23. The smallest absolute Gasteiger partial charge is 0.151 e. The third-order valence-corrected chi connectivity index (χ3v) is 3.54. The minimum Gasteiger partial charge on any atom is -0.355 e. The Hall–Kier alpha value is -1.16. The Morgan fingerprint density at radius 1 is 1.42 bits per heavy atom. The van der Waals surface area contributed by atoms with Crippen LogP contribution in [-0.4, -0.2) is 35.4 Å². The molecule has 1 N–H and O–H groups in total. The van der Waals surface area contributed by atoms with Crippen LogP contribution in [0, 0.1) is 12.8 Å². The first-order valence-electron chi connectivity index (χ1n) is 7.23. The van der Waals surface area contributed by atoms with Gasteiger partial charge in [-0.15, -0.1) is 5.10 Å². The summed E-state index contributed by atoms with van der Waals surface area (Å²) < 4.78 is 0. The highest BCUT2D eigenvalue weighted by molar-refractivity contribution is 5.39. The largest absolute Gasteiger partial charge is 0.355 e. The van der Waals surface area contributed by atoms with Crippen LogP contribution in [0.15, 0.2) is 12.3 Å². The summed E-state index contributed by atoms with van der Waals surface area (Å²) in [7, 11) is 0. The molecule has 2 rings (SSSR count). The molecular weight excluding hydrogens is 236 g/mol.